The molecule has 0 amide bonds. The van der Waals surface area contributed by atoms with E-state index in [1.165, 1.54) is 0 Å². The lowest BCUT2D eigenvalue weighted by molar-refractivity contribution is -0.315. The van der Waals surface area contributed by atoms with Crippen molar-refractivity contribution in [2.75, 3.05) is 6.61 Å². The van der Waals surface area contributed by atoms with Crippen LogP contribution in [0.15, 0.2) is 0 Å². The van der Waals surface area contributed by atoms with Gasteiger partial charge in [0, 0.05) is 0 Å². The minimum absolute atomic E-state index is 0.684. The van der Waals surface area contributed by atoms with E-state index in [0.29, 0.717) is 6.61 Å². The van der Waals surface area contributed by atoms with Crippen molar-refractivity contribution >= 4 is 7.41 Å². The second-order valence-electron chi connectivity index (χ2n) is 1.37. The van der Waals surface area contributed by atoms with Gasteiger partial charge in [0.1, 0.15) is 0 Å². The minimum atomic E-state index is 0.684. The lowest BCUT2D eigenvalue weighted by atomic mass is 9.89. The van der Waals surface area contributed by atoms with Crippen molar-refractivity contribution < 1.29 is 9.88 Å². The lowest BCUT2D eigenvalue weighted by Crippen LogP contribution is -2.15. The van der Waals surface area contributed by atoms with Gasteiger partial charge in [-0.15, -0.1) is 0 Å². The summed E-state index contributed by atoms with van der Waals surface area (Å²) >= 11 is 0. The standard InChI is InChI=1S/C3H7BNO2/c1-2-4-5-7-6-3-1/h5H,1-3H2. The molecule has 1 aliphatic rings. The van der Waals surface area contributed by atoms with E-state index in [4.69, 9.17) is 0 Å². The van der Waals surface area contributed by atoms with E-state index in [-0.39, 0.29) is 0 Å². The van der Waals surface area contributed by atoms with Gasteiger partial charge in [-0.25, -0.2) is 10.3 Å². The van der Waals surface area contributed by atoms with Crippen LogP contribution in [-0.2, 0) is 9.88 Å². The Bertz CT molecular complexity index is 32.5. The van der Waals surface area contributed by atoms with Crippen LogP contribution >= 0.6 is 0 Å². The van der Waals surface area contributed by atoms with Gasteiger partial charge in [0.25, 0.3) is 0 Å². The van der Waals surface area contributed by atoms with Crippen molar-refractivity contribution in [1.29, 1.82) is 0 Å². The first-order valence-electron chi connectivity index (χ1n) is 2.36. The maximum absolute atomic E-state index is 4.55. The van der Waals surface area contributed by atoms with Crippen molar-refractivity contribution in [1.82, 2.24) is 5.39 Å². The monoisotopic (exact) mass is 100 g/mol. The summed E-state index contributed by atoms with van der Waals surface area (Å²) in [7, 11) is 1.83. The number of rotatable bonds is 0. The van der Waals surface area contributed by atoms with Gasteiger partial charge in [-0.2, -0.15) is 4.99 Å². The predicted octanol–water partition coefficient (Wildman–Crippen LogP) is -0.120. The van der Waals surface area contributed by atoms with Crippen LogP contribution in [-0.4, -0.2) is 14.0 Å². The van der Waals surface area contributed by atoms with Gasteiger partial charge in [0.05, 0.1) is 6.61 Å². The Balaban J connectivity index is 2.04. The Morgan fingerprint density at radius 3 is 3.57 bits per heavy atom. The molecule has 1 saturated heterocycles. The van der Waals surface area contributed by atoms with Crippen LogP contribution in [0, 0.1) is 0 Å². The van der Waals surface area contributed by atoms with Crippen LogP contribution in [0.3, 0.4) is 0 Å². The molecule has 0 atom stereocenters. The second-order valence-corrected chi connectivity index (χ2v) is 1.37. The molecule has 0 aromatic heterocycles. The van der Waals surface area contributed by atoms with E-state index >= 15 is 0 Å². The number of nitrogens with one attached hydrogen (secondary N) is 1. The van der Waals surface area contributed by atoms with Crippen LogP contribution < -0.4 is 5.39 Å². The van der Waals surface area contributed by atoms with Crippen molar-refractivity contribution in [3.8, 4) is 0 Å². The average molecular weight is 99.9 g/mol. The first-order chi connectivity index (χ1) is 3.50. The fourth-order valence-electron chi connectivity index (χ4n) is 0.413. The molecule has 0 spiro atoms. The Hall–Kier alpha value is -0.0551. The van der Waals surface area contributed by atoms with Crippen LogP contribution in [0.4, 0.5) is 0 Å². The summed E-state index contributed by atoms with van der Waals surface area (Å²) in [5.74, 6) is 0. The van der Waals surface area contributed by atoms with Crippen LogP contribution in [0.1, 0.15) is 6.42 Å². The summed E-state index contributed by atoms with van der Waals surface area (Å²) in [4.78, 5) is 8.94. The quantitative estimate of drug-likeness (QED) is 0.340. The van der Waals surface area contributed by atoms with E-state index in [2.05, 4.69) is 15.3 Å². The molecule has 0 aromatic carbocycles. The van der Waals surface area contributed by atoms with Gasteiger partial charge >= 0.3 is 0 Å². The van der Waals surface area contributed by atoms with Crippen molar-refractivity contribution in [2.45, 2.75) is 12.7 Å². The fourth-order valence-corrected chi connectivity index (χ4v) is 0.413. The summed E-state index contributed by atoms with van der Waals surface area (Å²) in [6.07, 6.45) is 2.05. The van der Waals surface area contributed by atoms with Gasteiger partial charge in [-0.1, -0.05) is 6.32 Å². The molecule has 0 aliphatic carbocycles. The van der Waals surface area contributed by atoms with Crippen LogP contribution in [0.5, 0.6) is 0 Å². The molecule has 0 unspecified atom stereocenters. The maximum atomic E-state index is 4.55. The molecular weight excluding hydrogens is 92.9 g/mol. The molecule has 0 saturated carbocycles. The molecule has 1 aliphatic heterocycles. The van der Waals surface area contributed by atoms with Crippen LogP contribution in [0.25, 0.3) is 0 Å². The third-order valence-corrected chi connectivity index (χ3v) is 0.767. The fraction of sp³-hybridized carbons (Fsp3) is 1.00. The third-order valence-electron chi connectivity index (χ3n) is 0.767. The Morgan fingerprint density at radius 1 is 1.57 bits per heavy atom. The zero-order valence-corrected chi connectivity index (χ0v) is 4.02. The van der Waals surface area contributed by atoms with Crippen molar-refractivity contribution in [2.24, 2.45) is 0 Å². The summed E-state index contributed by atoms with van der Waals surface area (Å²) in [6.45, 7) is 0.684. The molecule has 1 heterocycles. The number of hydrogen-bond acceptors (Lipinski definition) is 3. The SMILES string of the molecule is [B]1CCCOON1. The molecule has 1 fully saturated rings. The summed E-state index contributed by atoms with van der Waals surface area (Å²) in [6, 6.07) is 0. The van der Waals surface area contributed by atoms with Crippen molar-refractivity contribution in [3.63, 3.8) is 0 Å². The van der Waals surface area contributed by atoms with E-state index in [1.54, 1.807) is 0 Å². The molecule has 1 radical (unpaired) electrons. The molecule has 39 valence electrons. The van der Waals surface area contributed by atoms with E-state index in [1.807, 2.05) is 7.41 Å². The molecule has 4 heteroatoms. The van der Waals surface area contributed by atoms with Crippen molar-refractivity contribution in [3.05, 3.63) is 0 Å². The van der Waals surface area contributed by atoms with Gasteiger partial charge in [0.15, 0.2) is 0 Å². The van der Waals surface area contributed by atoms with Gasteiger partial charge in [0.2, 0.25) is 7.41 Å². The normalized spacial score (nSPS) is 22.9. The van der Waals surface area contributed by atoms with Gasteiger partial charge in [-0.3, -0.25) is 0 Å². The first-order valence-corrected chi connectivity index (χ1v) is 2.36. The van der Waals surface area contributed by atoms with E-state index < -0.39 is 0 Å². The second kappa shape index (κ2) is 3.01. The highest BCUT2D eigenvalue weighted by atomic mass is 17.3. The smallest absolute Gasteiger partial charge is 0.219 e. The third kappa shape index (κ3) is 1.92. The molecule has 1 N–H and O–H groups in total. The average Bonchev–Trinajstić information content (AvgIpc) is 1.90. The lowest BCUT2D eigenvalue weighted by Gasteiger charge is -1.93. The highest BCUT2D eigenvalue weighted by Gasteiger charge is 1.97. The zero-order valence-electron chi connectivity index (χ0n) is 4.02. The first kappa shape index (κ1) is 5.09. The topological polar surface area (TPSA) is 30.5 Å². The van der Waals surface area contributed by atoms with Gasteiger partial charge < -0.3 is 0 Å². The van der Waals surface area contributed by atoms with Crippen LogP contribution in [0.2, 0.25) is 6.32 Å². The maximum Gasteiger partial charge on any atom is 0.245 e. The highest BCUT2D eigenvalue weighted by Crippen LogP contribution is 1.91. The Kier molecular flexibility index (Phi) is 2.19. The molecule has 1 rings (SSSR count). The Morgan fingerprint density at radius 2 is 2.57 bits per heavy atom. The predicted molar refractivity (Wildman–Crippen MR) is 25.4 cm³/mol. The number of hydrogen-bond donors (Lipinski definition) is 1. The molecule has 3 nitrogen and oxygen atoms in total. The summed E-state index contributed by atoms with van der Waals surface area (Å²) in [5, 5.41) is 2.50. The van der Waals surface area contributed by atoms with E-state index in [0.717, 1.165) is 12.7 Å². The summed E-state index contributed by atoms with van der Waals surface area (Å²) in [5.41, 5.74) is 0. The van der Waals surface area contributed by atoms with Gasteiger partial charge in [-0.05, 0) is 6.42 Å². The minimum Gasteiger partial charge on any atom is -0.219 e. The highest BCUT2D eigenvalue weighted by molar-refractivity contribution is 6.31. The Labute approximate surface area is 43.1 Å². The molecule has 0 bridgehead atoms. The zero-order chi connectivity index (χ0) is 4.95. The molecule has 7 heavy (non-hydrogen) atoms. The molecular formula is C3H7BNO2. The summed E-state index contributed by atoms with van der Waals surface area (Å²) < 4.78 is 0. The largest absolute Gasteiger partial charge is 0.245 e. The molecule has 0 aromatic rings. The van der Waals surface area contributed by atoms with E-state index in [9.17, 15) is 0 Å².